The first-order valence-electron chi connectivity index (χ1n) is 7.71. The van der Waals surface area contributed by atoms with Gasteiger partial charge in [0.2, 0.25) is 0 Å². The Hall–Kier alpha value is -0.870. The van der Waals surface area contributed by atoms with E-state index in [1.54, 1.807) is 0 Å². The summed E-state index contributed by atoms with van der Waals surface area (Å²) in [5, 5.41) is 3.58. The van der Waals surface area contributed by atoms with E-state index in [2.05, 4.69) is 39.8 Å². The molecule has 3 heterocycles. The maximum absolute atomic E-state index is 4.37. The predicted octanol–water partition coefficient (Wildman–Crippen LogP) is 2.04. The molecule has 1 N–H and O–H groups in total. The Morgan fingerprint density at radius 1 is 1.42 bits per heavy atom. The molecular weight excluding hydrogens is 236 g/mol. The van der Waals surface area contributed by atoms with Crippen LogP contribution in [0.1, 0.15) is 44.8 Å². The minimum Gasteiger partial charge on any atom is -0.333 e. The summed E-state index contributed by atoms with van der Waals surface area (Å²) >= 11 is 0. The zero-order valence-corrected chi connectivity index (χ0v) is 12.2. The van der Waals surface area contributed by atoms with Crippen LogP contribution in [-0.4, -0.2) is 40.1 Å². The molecule has 0 saturated carbocycles. The van der Waals surface area contributed by atoms with Crippen molar-refractivity contribution in [3.63, 3.8) is 0 Å². The van der Waals surface area contributed by atoms with Crippen molar-refractivity contribution in [1.82, 2.24) is 19.8 Å². The Bertz CT molecular complexity index is 406. The van der Waals surface area contributed by atoms with Gasteiger partial charge < -0.3 is 14.8 Å². The lowest BCUT2D eigenvalue weighted by atomic mass is 10.1. The van der Waals surface area contributed by atoms with Crippen LogP contribution in [0.4, 0.5) is 0 Å². The highest BCUT2D eigenvalue weighted by Gasteiger charge is 2.26. The number of nitrogens with one attached hydrogen (secondary N) is 1. The van der Waals surface area contributed by atoms with Crippen LogP contribution in [0.3, 0.4) is 0 Å². The molecule has 19 heavy (non-hydrogen) atoms. The van der Waals surface area contributed by atoms with Gasteiger partial charge in [-0.2, -0.15) is 0 Å². The van der Waals surface area contributed by atoms with Crippen molar-refractivity contribution in [2.24, 2.45) is 5.92 Å². The molecule has 0 aliphatic carbocycles. The van der Waals surface area contributed by atoms with Crippen molar-refractivity contribution in [1.29, 1.82) is 0 Å². The third kappa shape index (κ3) is 2.84. The van der Waals surface area contributed by atoms with E-state index >= 15 is 0 Å². The molecule has 0 radical (unpaired) electrons. The van der Waals surface area contributed by atoms with Crippen LogP contribution in [0.15, 0.2) is 12.5 Å². The van der Waals surface area contributed by atoms with Gasteiger partial charge in [-0.05, 0) is 52.1 Å². The lowest BCUT2D eigenvalue weighted by molar-refractivity contribution is 0.260. The molecule has 1 aromatic rings. The molecule has 0 amide bonds. The first kappa shape index (κ1) is 13.1. The van der Waals surface area contributed by atoms with Crippen molar-refractivity contribution in [2.75, 3.05) is 19.6 Å². The molecule has 0 bridgehead atoms. The van der Waals surface area contributed by atoms with Gasteiger partial charge in [0, 0.05) is 31.4 Å². The van der Waals surface area contributed by atoms with Crippen LogP contribution in [0.5, 0.6) is 0 Å². The molecule has 4 heteroatoms. The second-order valence-corrected chi connectivity index (χ2v) is 6.36. The second kappa shape index (κ2) is 5.63. The molecule has 1 aromatic heterocycles. The SMILES string of the molecule is CC(C)N1CCC(Cn2cncc2C2CCCN2)C1. The standard InChI is InChI=1S/C15H26N4/c1-12(2)18-7-5-13(9-18)10-19-11-16-8-15(19)14-4-3-6-17-14/h8,11-14,17H,3-7,9-10H2,1-2H3. The highest BCUT2D eigenvalue weighted by Crippen LogP contribution is 2.25. The summed E-state index contributed by atoms with van der Waals surface area (Å²) in [5.41, 5.74) is 1.39. The highest BCUT2D eigenvalue weighted by atomic mass is 15.2. The molecule has 2 fully saturated rings. The maximum Gasteiger partial charge on any atom is 0.0948 e. The maximum atomic E-state index is 4.37. The normalized spacial score (nSPS) is 28.6. The Labute approximate surface area is 116 Å². The molecule has 2 aliphatic rings. The van der Waals surface area contributed by atoms with E-state index in [0.29, 0.717) is 12.1 Å². The van der Waals surface area contributed by atoms with E-state index < -0.39 is 0 Å². The third-order valence-corrected chi connectivity index (χ3v) is 4.66. The van der Waals surface area contributed by atoms with E-state index in [1.165, 1.54) is 38.0 Å². The van der Waals surface area contributed by atoms with Crippen molar-refractivity contribution < 1.29 is 0 Å². The van der Waals surface area contributed by atoms with Crippen LogP contribution >= 0.6 is 0 Å². The molecule has 2 atom stereocenters. The van der Waals surface area contributed by atoms with Crippen molar-refractivity contribution in [3.8, 4) is 0 Å². The molecule has 2 aliphatic heterocycles. The van der Waals surface area contributed by atoms with Gasteiger partial charge in [-0.3, -0.25) is 0 Å². The first-order chi connectivity index (χ1) is 9.24. The number of hydrogen-bond acceptors (Lipinski definition) is 3. The van der Waals surface area contributed by atoms with E-state index in [0.717, 1.165) is 19.0 Å². The van der Waals surface area contributed by atoms with Crippen molar-refractivity contribution in [3.05, 3.63) is 18.2 Å². The molecule has 2 unspecified atom stereocenters. The molecule has 4 nitrogen and oxygen atoms in total. The first-order valence-corrected chi connectivity index (χ1v) is 7.71. The number of rotatable bonds is 4. The summed E-state index contributed by atoms with van der Waals surface area (Å²) in [4.78, 5) is 6.96. The van der Waals surface area contributed by atoms with Crippen molar-refractivity contribution >= 4 is 0 Å². The minimum atomic E-state index is 0.533. The molecular formula is C15H26N4. The lowest BCUT2D eigenvalue weighted by Crippen LogP contribution is -2.29. The van der Waals surface area contributed by atoms with Gasteiger partial charge in [0.05, 0.1) is 12.0 Å². The van der Waals surface area contributed by atoms with E-state index in [1.807, 2.05) is 6.33 Å². The quantitative estimate of drug-likeness (QED) is 0.901. The zero-order valence-electron chi connectivity index (χ0n) is 12.2. The zero-order chi connectivity index (χ0) is 13.2. The van der Waals surface area contributed by atoms with Gasteiger partial charge in [-0.1, -0.05) is 0 Å². The average Bonchev–Trinajstić information content (AvgIpc) is 3.09. The second-order valence-electron chi connectivity index (χ2n) is 6.36. The number of aromatic nitrogens is 2. The van der Waals surface area contributed by atoms with Gasteiger partial charge in [0.1, 0.15) is 0 Å². The van der Waals surface area contributed by atoms with Crippen LogP contribution in [-0.2, 0) is 6.54 Å². The summed E-state index contributed by atoms with van der Waals surface area (Å²) < 4.78 is 2.39. The van der Waals surface area contributed by atoms with Gasteiger partial charge in [-0.25, -0.2) is 4.98 Å². The van der Waals surface area contributed by atoms with Crippen LogP contribution in [0.2, 0.25) is 0 Å². The summed E-state index contributed by atoms with van der Waals surface area (Å²) in [7, 11) is 0. The number of hydrogen-bond donors (Lipinski definition) is 1. The molecule has 2 saturated heterocycles. The Kier molecular flexibility index (Phi) is 3.89. The summed E-state index contributed by atoms with van der Waals surface area (Å²) in [6, 6.07) is 1.22. The van der Waals surface area contributed by atoms with Crippen LogP contribution in [0.25, 0.3) is 0 Å². The van der Waals surface area contributed by atoms with Gasteiger partial charge in [0.15, 0.2) is 0 Å². The minimum absolute atomic E-state index is 0.533. The lowest BCUT2D eigenvalue weighted by Gasteiger charge is -2.21. The summed E-state index contributed by atoms with van der Waals surface area (Å²) in [5.74, 6) is 0.789. The molecule has 0 aromatic carbocycles. The molecule has 106 valence electrons. The van der Waals surface area contributed by atoms with E-state index in [4.69, 9.17) is 0 Å². The monoisotopic (exact) mass is 262 g/mol. The van der Waals surface area contributed by atoms with Crippen molar-refractivity contribution in [2.45, 2.75) is 51.7 Å². The Balaban J connectivity index is 1.63. The fourth-order valence-electron chi connectivity index (χ4n) is 3.47. The highest BCUT2D eigenvalue weighted by molar-refractivity contribution is 5.07. The third-order valence-electron chi connectivity index (χ3n) is 4.66. The number of nitrogens with zero attached hydrogens (tertiary/aromatic N) is 3. The summed E-state index contributed by atoms with van der Waals surface area (Å²) in [6.45, 7) is 9.39. The molecule has 3 rings (SSSR count). The largest absolute Gasteiger partial charge is 0.333 e. The van der Waals surface area contributed by atoms with Gasteiger partial charge >= 0.3 is 0 Å². The number of likely N-dealkylation sites (tertiary alicyclic amines) is 1. The number of imidazole rings is 1. The van der Waals surface area contributed by atoms with Crippen LogP contribution in [0, 0.1) is 5.92 Å². The predicted molar refractivity (Wildman–Crippen MR) is 77.0 cm³/mol. The van der Waals surface area contributed by atoms with Gasteiger partial charge in [0.25, 0.3) is 0 Å². The van der Waals surface area contributed by atoms with Gasteiger partial charge in [-0.15, -0.1) is 0 Å². The van der Waals surface area contributed by atoms with E-state index in [-0.39, 0.29) is 0 Å². The van der Waals surface area contributed by atoms with Crippen LogP contribution < -0.4 is 5.32 Å². The molecule has 0 spiro atoms. The smallest absolute Gasteiger partial charge is 0.0948 e. The fourth-order valence-corrected chi connectivity index (χ4v) is 3.47. The topological polar surface area (TPSA) is 33.1 Å². The summed E-state index contributed by atoms with van der Waals surface area (Å²) in [6.07, 6.45) is 7.95. The Morgan fingerprint density at radius 2 is 2.32 bits per heavy atom. The fraction of sp³-hybridized carbons (Fsp3) is 0.800. The van der Waals surface area contributed by atoms with E-state index in [9.17, 15) is 0 Å². The Morgan fingerprint density at radius 3 is 3.00 bits per heavy atom. The average molecular weight is 262 g/mol.